The fourth-order valence-electron chi connectivity index (χ4n) is 0.981. The van der Waals surface area contributed by atoms with E-state index in [1.54, 1.807) is 0 Å². The van der Waals surface area contributed by atoms with E-state index in [9.17, 15) is 13.2 Å². The zero-order valence-corrected chi connectivity index (χ0v) is 7.96. The lowest BCUT2D eigenvalue weighted by Gasteiger charge is -2.07. The highest BCUT2D eigenvalue weighted by atomic mass is 19.4. The van der Waals surface area contributed by atoms with Crippen molar-refractivity contribution in [2.75, 3.05) is 13.2 Å². The van der Waals surface area contributed by atoms with Gasteiger partial charge in [-0.25, -0.2) is 0 Å². The van der Waals surface area contributed by atoms with Crippen molar-refractivity contribution in [2.45, 2.75) is 13.0 Å². The molecule has 0 saturated carbocycles. The van der Waals surface area contributed by atoms with Crippen LogP contribution in [-0.4, -0.2) is 19.6 Å². The number of hydrogen-bond donors (Lipinski definition) is 0. The Balaban J connectivity index is 2.08. The van der Waals surface area contributed by atoms with Crippen LogP contribution in [-0.2, 0) is 16.1 Å². The molecule has 0 aliphatic heterocycles. The number of benzene rings is 1. The third-order valence-electron chi connectivity index (χ3n) is 1.60. The maximum absolute atomic E-state index is 11.5. The Kier molecular flexibility index (Phi) is 4.58. The lowest BCUT2D eigenvalue weighted by Crippen LogP contribution is -2.17. The molecule has 84 valence electrons. The summed E-state index contributed by atoms with van der Waals surface area (Å²) in [6.07, 6.45) is -4.57. The van der Waals surface area contributed by atoms with Gasteiger partial charge in [0.15, 0.2) is 0 Å². The number of halogens is 3. The number of alkyl halides is 3. The van der Waals surface area contributed by atoms with Crippen LogP contribution < -0.4 is 0 Å². The average Bonchev–Trinajstić information content (AvgIpc) is 2.17. The van der Waals surface area contributed by atoms with Gasteiger partial charge in [-0.1, -0.05) is 30.3 Å². The molecule has 0 atom stereocenters. The van der Waals surface area contributed by atoms with E-state index in [2.05, 4.69) is 4.74 Å². The summed E-state index contributed by atoms with van der Waals surface area (Å²) >= 11 is 0. The molecule has 0 radical (unpaired) electrons. The van der Waals surface area contributed by atoms with Gasteiger partial charge >= 0.3 is 6.36 Å². The van der Waals surface area contributed by atoms with E-state index >= 15 is 0 Å². The van der Waals surface area contributed by atoms with Gasteiger partial charge in [-0.2, -0.15) is 0 Å². The molecule has 0 amide bonds. The van der Waals surface area contributed by atoms with Gasteiger partial charge in [-0.3, -0.25) is 4.74 Å². The van der Waals surface area contributed by atoms with E-state index in [-0.39, 0.29) is 6.61 Å². The lowest BCUT2D eigenvalue weighted by atomic mass is 10.2. The molecule has 1 aromatic rings. The second-order valence-corrected chi connectivity index (χ2v) is 2.83. The second-order valence-electron chi connectivity index (χ2n) is 2.83. The van der Waals surface area contributed by atoms with Crippen LogP contribution in [0.25, 0.3) is 0 Å². The topological polar surface area (TPSA) is 18.5 Å². The molecule has 0 heterocycles. The molecule has 2 nitrogen and oxygen atoms in total. The van der Waals surface area contributed by atoms with Crippen molar-refractivity contribution in [1.82, 2.24) is 0 Å². The molecular weight excluding hydrogens is 209 g/mol. The summed E-state index contributed by atoms with van der Waals surface area (Å²) in [5.74, 6) is 0. The third-order valence-corrected chi connectivity index (χ3v) is 1.60. The molecular formula is C10H11F3O2. The molecule has 0 unspecified atom stereocenters. The average molecular weight is 220 g/mol. The van der Waals surface area contributed by atoms with Crippen LogP contribution in [0, 0.1) is 0 Å². The number of ether oxygens (including phenoxy) is 2. The molecule has 0 saturated heterocycles. The molecule has 0 bridgehead atoms. The molecule has 0 N–H and O–H groups in total. The van der Waals surface area contributed by atoms with Crippen LogP contribution in [0.1, 0.15) is 5.56 Å². The van der Waals surface area contributed by atoms with Gasteiger partial charge in [0.05, 0.1) is 19.8 Å². The molecule has 5 heteroatoms. The summed E-state index contributed by atoms with van der Waals surface area (Å²) in [6, 6.07) is 9.21. The summed E-state index contributed by atoms with van der Waals surface area (Å²) < 4.78 is 43.1. The van der Waals surface area contributed by atoms with E-state index in [0.717, 1.165) is 5.56 Å². The van der Waals surface area contributed by atoms with Crippen molar-refractivity contribution < 1.29 is 22.6 Å². The monoisotopic (exact) mass is 220 g/mol. The van der Waals surface area contributed by atoms with Crippen LogP contribution in [0.3, 0.4) is 0 Å². The Morgan fingerprint density at radius 2 is 1.67 bits per heavy atom. The normalized spacial score (nSPS) is 11.7. The maximum Gasteiger partial charge on any atom is 0.522 e. The molecule has 0 aromatic heterocycles. The van der Waals surface area contributed by atoms with E-state index in [4.69, 9.17) is 4.74 Å². The fourth-order valence-corrected chi connectivity index (χ4v) is 0.981. The van der Waals surface area contributed by atoms with Crippen molar-refractivity contribution in [1.29, 1.82) is 0 Å². The standard InChI is InChI=1S/C10H11F3O2/c11-10(12,13)15-7-6-14-8-9-4-2-1-3-5-9/h1-5H,6-8H2. The summed E-state index contributed by atoms with van der Waals surface area (Å²) in [7, 11) is 0. The van der Waals surface area contributed by atoms with Crippen molar-refractivity contribution in [3.8, 4) is 0 Å². The second kappa shape index (κ2) is 5.72. The van der Waals surface area contributed by atoms with E-state index in [0.29, 0.717) is 6.61 Å². The van der Waals surface area contributed by atoms with Gasteiger partial charge < -0.3 is 4.74 Å². The smallest absolute Gasteiger partial charge is 0.374 e. The predicted octanol–water partition coefficient (Wildman–Crippen LogP) is 2.74. The van der Waals surface area contributed by atoms with Crippen LogP contribution in [0.15, 0.2) is 30.3 Å². The Bertz CT molecular complexity index is 272. The highest BCUT2D eigenvalue weighted by molar-refractivity contribution is 5.13. The zero-order valence-electron chi connectivity index (χ0n) is 7.96. The van der Waals surface area contributed by atoms with Crippen molar-refractivity contribution in [3.05, 3.63) is 35.9 Å². The summed E-state index contributed by atoms with van der Waals surface area (Å²) in [6.45, 7) is -0.257. The highest BCUT2D eigenvalue weighted by Crippen LogP contribution is 2.15. The Morgan fingerprint density at radius 1 is 1.00 bits per heavy atom. The van der Waals surface area contributed by atoms with Gasteiger partial charge in [-0.05, 0) is 5.56 Å². The molecule has 15 heavy (non-hydrogen) atoms. The van der Waals surface area contributed by atoms with Gasteiger partial charge in [-0.15, -0.1) is 13.2 Å². The minimum Gasteiger partial charge on any atom is -0.374 e. The first-order valence-corrected chi connectivity index (χ1v) is 4.40. The Hall–Kier alpha value is -1.07. The molecule has 1 rings (SSSR count). The first-order chi connectivity index (χ1) is 7.08. The minimum atomic E-state index is -4.57. The molecule has 0 aliphatic carbocycles. The first kappa shape index (κ1) is 12.0. The largest absolute Gasteiger partial charge is 0.522 e. The zero-order chi connectivity index (χ0) is 11.1. The van der Waals surface area contributed by atoms with E-state index < -0.39 is 13.0 Å². The van der Waals surface area contributed by atoms with Gasteiger partial charge in [0.25, 0.3) is 0 Å². The summed E-state index contributed by atoms with van der Waals surface area (Å²) in [5, 5.41) is 0. The third kappa shape index (κ3) is 6.09. The quantitative estimate of drug-likeness (QED) is 0.710. The Labute approximate surface area is 85.6 Å². The highest BCUT2D eigenvalue weighted by Gasteiger charge is 2.28. The Morgan fingerprint density at radius 3 is 2.27 bits per heavy atom. The summed E-state index contributed by atoms with van der Waals surface area (Å²) in [4.78, 5) is 0. The van der Waals surface area contributed by atoms with Crippen LogP contribution in [0.4, 0.5) is 13.2 Å². The van der Waals surface area contributed by atoms with Crippen molar-refractivity contribution >= 4 is 0 Å². The van der Waals surface area contributed by atoms with Crippen LogP contribution in [0.2, 0.25) is 0 Å². The number of rotatable bonds is 5. The van der Waals surface area contributed by atoms with Crippen molar-refractivity contribution in [2.24, 2.45) is 0 Å². The minimum absolute atomic E-state index is 0.0750. The van der Waals surface area contributed by atoms with E-state index in [1.165, 1.54) is 0 Å². The van der Waals surface area contributed by atoms with E-state index in [1.807, 2.05) is 30.3 Å². The molecule has 0 fully saturated rings. The molecule has 0 spiro atoms. The fraction of sp³-hybridized carbons (Fsp3) is 0.400. The summed E-state index contributed by atoms with van der Waals surface area (Å²) in [5.41, 5.74) is 0.921. The SMILES string of the molecule is FC(F)(F)OCCOCc1ccccc1. The maximum atomic E-state index is 11.5. The van der Waals surface area contributed by atoms with Crippen LogP contribution >= 0.6 is 0 Å². The van der Waals surface area contributed by atoms with Crippen LogP contribution in [0.5, 0.6) is 0 Å². The lowest BCUT2D eigenvalue weighted by molar-refractivity contribution is -0.327. The van der Waals surface area contributed by atoms with Gasteiger partial charge in [0.1, 0.15) is 0 Å². The van der Waals surface area contributed by atoms with Gasteiger partial charge in [0, 0.05) is 0 Å². The van der Waals surface area contributed by atoms with Crippen molar-refractivity contribution in [3.63, 3.8) is 0 Å². The predicted molar refractivity (Wildman–Crippen MR) is 48.1 cm³/mol. The molecule has 0 aliphatic rings. The number of hydrogen-bond acceptors (Lipinski definition) is 2. The molecule has 1 aromatic carbocycles. The first-order valence-electron chi connectivity index (χ1n) is 4.40. The van der Waals surface area contributed by atoms with Gasteiger partial charge in [0.2, 0.25) is 0 Å².